The molecule has 2 aliphatic heterocycles. The monoisotopic (exact) mass is 500 g/mol. The maximum atomic E-state index is 12.2. The van der Waals surface area contributed by atoms with E-state index in [9.17, 15) is 9.90 Å². The van der Waals surface area contributed by atoms with Crippen molar-refractivity contribution in [1.82, 2.24) is 10.6 Å². The molecule has 0 aromatic rings. The smallest absolute Gasteiger partial charge is 0.243 e. The summed E-state index contributed by atoms with van der Waals surface area (Å²) in [6.45, 7) is 11.2. The number of ether oxygens (including phenoxy) is 2. The van der Waals surface area contributed by atoms with Gasteiger partial charge in [0.15, 0.2) is 6.29 Å². The molecule has 202 valence electrons. The molecule has 2 heterocycles. The van der Waals surface area contributed by atoms with Crippen LogP contribution in [0.4, 0.5) is 0 Å². The Kier molecular flexibility index (Phi) is 13.4. The van der Waals surface area contributed by atoms with Gasteiger partial charge in [-0.1, -0.05) is 67.5 Å². The summed E-state index contributed by atoms with van der Waals surface area (Å²) in [4.78, 5) is 12.2. The topological polar surface area (TPSA) is 79.8 Å². The molecule has 0 aliphatic carbocycles. The minimum Gasteiger partial charge on any atom is -0.391 e. The minimum atomic E-state index is -0.524. The number of aliphatic hydroxyl groups excluding tert-OH is 1. The van der Waals surface area contributed by atoms with Gasteiger partial charge in [0, 0.05) is 25.0 Å². The lowest BCUT2D eigenvalue weighted by Crippen LogP contribution is -2.54. The normalized spacial score (nSPS) is 39.5. The van der Waals surface area contributed by atoms with Crippen molar-refractivity contribution in [2.24, 2.45) is 11.8 Å². The van der Waals surface area contributed by atoms with Gasteiger partial charge < -0.3 is 25.2 Å². The van der Waals surface area contributed by atoms with Crippen LogP contribution in [0, 0.1) is 11.8 Å². The standard InChI is InChI=1S/C30H48N2O4/c1-21-12-8-7-9-13-23(3)20-32-28(34)15-11-10-14-24(4)27(17-16-22(2)18-21)36-29-19-26(33)30(31-6)25(5)35-29/h7-8,10-12,14-16,23-27,29-31,33H,9,13,17-20H2,1-6H3,(H,32,34)/b8-7-,14-10-,15-11-,21-12+,22-16-/t23-,24-,25+,26+,27+,29-,30-/m1/s1. The fourth-order valence-corrected chi connectivity index (χ4v) is 4.68. The van der Waals surface area contributed by atoms with Gasteiger partial charge in [0.05, 0.1) is 24.4 Å². The summed E-state index contributed by atoms with van der Waals surface area (Å²) in [6, 6.07) is -0.105. The highest BCUT2D eigenvalue weighted by molar-refractivity contribution is 5.87. The van der Waals surface area contributed by atoms with Gasteiger partial charge in [-0.3, -0.25) is 4.79 Å². The SMILES string of the molecule is CN[C@@H]1[C@H](C)O[C@H](O[C@H]2C/C=C(/C)C/C(C)=C/C=C\CC[C@@H](C)CNC(=O)/C=C\C=C/[C@H]2C)C[C@@H]1O. The van der Waals surface area contributed by atoms with E-state index < -0.39 is 12.4 Å². The zero-order valence-corrected chi connectivity index (χ0v) is 23.1. The number of amides is 1. The van der Waals surface area contributed by atoms with Crippen LogP contribution >= 0.6 is 0 Å². The molecule has 3 N–H and O–H groups in total. The molecule has 0 aromatic heterocycles. The molecule has 2 aliphatic rings. The van der Waals surface area contributed by atoms with Gasteiger partial charge in [0.25, 0.3) is 0 Å². The first-order valence-electron chi connectivity index (χ1n) is 13.5. The first-order chi connectivity index (χ1) is 17.2. The molecular formula is C30H48N2O4. The summed E-state index contributed by atoms with van der Waals surface area (Å²) >= 11 is 0. The molecule has 7 atom stereocenters. The maximum absolute atomic E-state index is 12.2. The predicted molar refractivity (Wildman–Crippen MR) is 147 cm³/mol. The van der Waals surface area contributed by atoms with Gasteiger partial charge >= 0.3 is 0 Å². The third kappa shape index (κ3) is 11.0. The summed E-state index contributed by atoms with van der Waals surface area (Å²) in [5.41, 5.74) is 2.62. The van der Waals surface area contributed by atoms with Crippen molar-refractivity contribution < 1.29 is 19.4 Å². The number of likely N-dealkylation sites (N-methyl/N-ethyl adjacent to an activating group) is 1. The van der Waals surface area contributed by atoms with Crippen LogP contribution in [0.3, 0.4) is 0 Å². The number of carbonyl (C=O) groups excluding carboxylic acids is 1. The quantitative estimate of drug-likeness (QED) is 0.477. The lowest BCUT2D eigenvalue weighted by molar-refractivity contribution is -0.241. The lowest BCUT2D eigenvalue weighted by Gasteiger charge is -2.39. The van der Waals surface area contributed by atoms with Crippen LogP contribution in [0.15, 0.2) is 59.8 Å². The second-order valence-corrected chi connectivity index (χ2v) is 10.5. The molecule has 36 heavy (non-hydrogen) atoms. The molecule has 1 fully saturated rings. The maximum Gasteiger partial charge on any atom is 0.243 e. The van der Waals surface area contributed by atoms with Crippen molar-refractivity contribution >= 4 is 5.91 Å². The van der Waals surface area contributed by atoms with Crippen LogP contribution in [0.5, 0.6) is 0 Å². The van der Waals surface area contributed by atoms with Crippen molar-refractivity contribution in [3.8, 4) is 0 Å². The number of hydrogen-bond donors (Lipinski definition) is 3. The highest BCUT2D eigenvalue weighted by Gasteiger charge is 2.36. The van der Waals surface area contributed by atoms with E-state index in [1.807, 2.05) is 20.0 Å². The molecule has 0 bridgehead atoms. The average molecular weight is 501 g/mol. The van der Waals surface area contributed by atoms with E-state index in [0.717, 1.165) is 25.7 Å². The number of hydrogen-bond acceptors (Lipinski definition) is 5. The molecule has 6 nitrogen and oxygen atoms in total. The van der Waals surface area contributed by atoms with Crippen molar-refractivity contribution in [2.45, 2.75) is 97.4 Å². The first-order valence-corrected chi connectivity index (χ1v) is 13.5. The van der Waals surface area contributed by atoms with Crippen LogP contribution in [0.1, 0.15) is 66.7 Å². The number of carbonyl (C=O) groups is 1. The van der Waals surface area contributed by atoms with Gasteiger partial charge in [0.1, 0.15) is 0 Å². The van der Waals surface area contributed by atoms with Crippen LogP contribution in [0.25, 0.3) is 0 Å². The Hall–Kier alpha value is -1.99. The summed E-state index contributed by atoms with van der Waals surface area (Å²) in [6.07, 6.45) is 19.0. The summed E-state index contributed by atoms with van der Waals surface area (Å²) in [5.74, 6) is 0.435. The van der Waals surface area contributed by atoms with E-state index in [-0.39, 0.29) is 30.1 Å². The van der Waals surface area contributed by atoms with E-state index in [4.69, 9.17) is 9.47 Å². The Morgan fingerprint density at radius 3 is 2.64 bits per heavy atom. The summed E-state index contributed by atoms with van der Waals surface area (Å²) in [7, 11) is 1.84. The van der Waals surface area contributed by atoms with E-state index in [1.165, 1.54) is 11.1 Å². The second-order valence-electron chi connectivity index (χ2n) is 10.5. The number of nitrogens with one attached hydrogen (secondary N) is 2. The molecule has 0 radical (unpaired) electrons. The molecule has 1 saturated heterocycles. The van der Waals surface area contributed by atoms with E-state index in [2.05, 4.69) is 68.7 Å². The molecule has 0 aromatic carbocycles. The van der Waals surface area contributed by atoms with Crippen LogP contribution < -0.4 is 10.6 Å². The minimum absolute atomic E-state index is 0.0771. The molecular weight excluding hydrogens is 452 g/mol. The summed E-state index contributed by atoms with van der Waals surface area (Å²) in [5, 5.41) is 16.7. The van der Waals surface area contributed by atoms with Crippen molar-refractivity contribution in [3.05, 3.63) is 59.8 Å². The fraction of sp³-hybridized carbons (Fsp3) is 0.633. The zero-order chi connectivity index (χ0) is 26.5. The second kappa shape index (κ2) is 16.0. The molecule has 1 amide bonds. The van der Waals surface area contributed by atoms with Gasteiger partial charge in [0.2, 0.25) is 5.91 Å². The van der Waals surface area contributed by atoms with Crippen molar-refractivity contribution in [1.29, 1.82) is 0 Å². The highest BCUT2D eigenvalue weighted by atomic mass is 16.7. The predicted octanol–water partition coefficient (Wildman–Crippen LogP) is 4.98. The Morgan fingerprint density at radius 1 is 1.14 bits per heavy atom. The van der Waals surface area contributed by atoms with Gasteiger partial charge in [-0.2, -0.15) is 0 Å². The molecule has 0 unspecified atom stereocenters. The van der Waals surface area contributed by atoms with Crippen LogP contribution in [-0.2, 0) is 14.3 Å². The Labute approximate surface area is 218 Å². The Morgan fingerprint density at radius 2 is 1.92 bits per heavy atom. The highest BCUT2D eigenvalue weighted by Crippen LogP contribution is 2.26. The fourth-order valence-electron chi connectivity index (χ4n) is 4.68. The van der Waals surface area contributed by atoms with Crippen LogP contribution in [-0.4, -0.2) is 55.2 Å². The summed E-state index contributed by atoms with van der Waals surface area (Å²) < 4.78 is 12.5. The van der Waals surface area contributed by atoms with Crippen molar-refractivity contribution in [2.75, 3.05) is 13.6 Å². The van der Waals surface area contributed by atoms with Crippen molar-refractivity contribution in [3.63, 3.8) is 0 Å². The van der Waals surface area contributed by atoms with Gasteiger partial charge in [-0.25, -0.2) is 0 Å². The third-order valence-electron chi connectivity index (χ3n) is 6.96. The molecule has 0 spiro atoms. The van der Waals surface area contributed by atoms with Crippen LogP contribution in [0.2, 0.25) is 0 Å². The third-order valence-corrected chi connectivity index (χ3v) is 6.96. The number of aliphatic hydroxyl groups is 1. The Balaban J connectivity index is 2.18. The van der Waals surface area contributed by atoms with Gasteiger partial charge in [-0.05, 0) is 59.4 Å². The van der Waals surface area contributed by atoms with E-state index >= 15 is 0 Å². The first kappa shape index (κ1) is 30.2. The zero-order valence-electron chi connectivity index (χ0n) is 23.1. The number of allylic oxidation sites excluding steroid dienone is 7. The average Bonchev–Trinajstić information content (AvgIpc) is 2.82. The molecule has 0 saturated carbocycles. The molecule has 2 rings (SSSR count). The lowest BCUT2D eigenvalue weighted by atomic mass is 9.97. The molecule has 6 heteroatoms. The largest absolute Gasteiger partial charge is 0.391 e. The van der Waals surface area contributed by atoms with E-state index in [1.54, 1.807) is 12.2 Å². The van der Waals surface area contributed by atoms with Gasteiger partial charge in [-0.15, -0.1) is 0 Å². The number of rotatable bonds is 3. The van der Waals surface area contributed by atoms with E-state index in [0.29, 0.717) is 18.9 Å². The Bertz CT molecular complexity index is 817.